The maximum absolute atomic E-state index is 14.0. The summed E-state index contributed by atoms with van der Waals surface area (Å²) in [6.07, 6.45) is 0. The van der Waals surface area contributed by atoms with Crippen molar-refractivity contribution in [1.29, 1.82) is 0 Å². The van der Waals surface area contributed by atoms with Crippen LogP contribution in [0.25, 0.3) is 0 Å². The molecule has 0 saturated heterocycles. The van der Waals surface area contributed by atoms with E-state index in [9.17, 15) is 9.18 Å². The molecular formula is C14H9BrClFO2. The largest absolute Gasteiger partial charge is 0.494 e. The Kier molecular flexibility index (Phi) is 4.22. The number of ether oxygens (including phenoxy) is 1. The number of hydrogen-bond acceptors (Lipinski definition) is 2. The summed E-state index contributed by atoms with van der Waals surface area (Å²) >= 11 is 9.11. The Morgan fingerprint density at radius 1 is 1.26 bits per heavy atom. The molecule has 0 spiro atoms. The molecule has 0 N–H and O–H groups in total. The molecule has 2 rings (SSSR count). The van der Waals surface area contributed by atoms with Gasteiger partial charge in [0.1, 0.15) is 0 Å². The van der Waals surface area contributed by atoms with Crippen LogP contribution in [0.15, 0.2) is 40.9 Å². The third-order valence-corrected chi connectivity index (χ3v) is 3.53. The van der Waals surface area contributed by atoms with E-state index in [0.29, 0.717) is 15.1 Å². The van der Waals surface area contributed by atoms with Gasteiger partial charge in [-0.25, -0.2) is 4.39 Å². The Labute approximate surface area is 123 Å². The summed E-state index contributed by atoms with van der Waals surface area (Å²) in [5, 5.41) is 0.412. The summed E-state index contributed by atoms with van der Waals surface area (Å²) < 4.78 is 19.5. The van der Waals surface area contributed by atoms with Crippen LogP contribution in [0, 0.1) is 5.82 Å². The van der Waals surface area contributed by atoms with Crippen LogP contribution >= 0.6 is 27.5 Å². The quantitative estimate of drug-likeness (QED) is 0.768. The molecular weight excluding hydrogens is 335 g/mol. The number of methoxy groups -OCH3 is 1. The molecule has 0 aromatic heterocycles. The van der Waals surface area contributed by atoms with Crippen LogP contribution in [0.5, 0.6) is 5.75 Å². The van der Waals surface area contributed by atoms with Crippen molar-refractivity contribution >= 4 is 33.3 Å². The SMILES string of the molecule is COc1cccc(C(=O)c2cc(Cl)ccc2Br)c1F. The number of carbonyl (C=O) groups is 1. The molecule has 0 fully saturated rings. The van der Waals surface area contributed by atoms with Gasteiger partial charge >= 0.3 is 0 Å². The molecule has 0 aliphatic rings. The van der Waals surface area contributed by atoms with Crippen molar-refractivity contribution in [2.75, 3.05) is 7.11 Å². The lowest BCUT2D eigenvalue weighted by Crippen LogP contribution is -2.06. The van der Waals surface area contributed by atoms with Crippen molar-refractivity contribution in [3.05, 3.63) is 62.8 Å². The molecule has 2 aromatic carbocycles. The van der Waals surface area contributed by atoms with Crippen molar-refractivity contribution in [1.82, 2.24) is 0 Å². The van der Waals surface area contributed by atoms with Crippen molar-refractivity contribution in [3.8, 4) is 5.75 Å². The maximum Gasteiger partial charge on any atom is 0.197 e. The van der Waals surface area contributed by atoms with Crippen molar-refractivity contribution in [2.24, 2.45) is 0 Å². The smallest absolute Gasteiger partial charge is 0.197 e. The number of benzene rings is 2. The van der Waals surface area contributed by atoms with Gasteiger partial charge in [-0.05, 0) is 30.3 Å². The third-order valence-electron chi connectivity index (χ3n) is 2.60. The molecule has 2 nitrogen and oxygen atoms in total. The highest BCUT2D eigenvalue weighted by Gasteiger charge is 2.19. The van der Waals surface area contributed by atoms with E-state index >= 15 is 0 Å². The van der Waals surface area contributed by atoms with Gasteiger partial charge < -0.3 is 4.74 Å². The molecule has 0 unspecified atom stereocenters. The van der Waals surface area contributed by atoms with E-state index in [1.54, 1.807) is 18.2 Å². The number of ketones is 1. The summed E-state index contributed by atoms with van der Waals surface area (Å²) in [6, 6.07) is 9.21. The van der Waals surface area contributed by atoms with E-state index in [-0.39, 0.29) is 11.3 Å². The van der Waals surface area contributed by atoms with Gasteiger partial charge in [-0.3, -0.25) is 4.79 Å². The number of rotatable bonds is 3. The molecule has 0 aliphatic carbocycles. The zero-order chi connectivity index (χ0) is 14.0. The van der Waals surface area contributed by atoms with Gasteiger partial charge in [0.15, 0.2) is 17.3 Å². The molecule has 2 aromatic rings. The zero-order valence-electron chi connectivity index (χ0n) is 9.91. The van der Waals surface area contributed by atoms with Crippen LogP contribution in [0.2, 0.25) is 5.02 Å². The van der Waals surface area contributed by atoms with Gasteiger partial charge in [0.2, 0.25) is 0 Å². The van der Waals surface area contributed by atoms with Crippen LogP contribution in [-0.4, -0.2) is 12.9 Å². The second kappa shape index (κ2) is 5.72. The van der Waals surface area contributed by atoms with E-state index in [0.717, 1.165) is 0 Å². The third kappa shape index (κ3) is 2.80. The molecule has 0 atom stereocenters. The Hall–Kier alpha value is -1.39. The minimum Gasteiger partial charge on any atom is -0.494 e. The maximum atomic E-state index is 14.0. The molecule has 5 heteroatoms. The van der Waals surface area contributed by atoms with Crippen LogP contribution in [-0.2, 0) is 0 Å². The predicted octanol–water partition coefficient (Wildman–Crippen LogP) is 4.48. The van der Waals surface area contributed by atoms with Gasteiger partial charge in [-0.1, -0.05) is 33.6 Å². The van der Waals surface area contributed by atoms with E-state index in [4.69, 9.17) is 16.3 Å². The molecule has 0 radical (unpaired) electrons. The summed E-state index contributed by atoms with van der Waals surface area (Å²) in [5.74, 6) is -1.10. The first kappa shape index (κ1) is 14.0. The van der Waals surface area contributed by atoms with Crippen LogP contribution < -0.4 is 4.74 Å². The lowest BCUT2D eigenvalue weighted by atomic mass is 10.0. The summed E-state index contributed by atoms with van der Waals surface area (Å²) in [7, 11) is 1.35. The summed E-state index contributed by atoms with van der Waals surface area (Å²) in [5.41, 5.74) is 0.252. The molecule has 0 amide bonds. The van der Waals surface area contributed by atoms with Gasteiger partial charge in [-0.15, -0.1) is 0 Å². The molecule has 0 heterocycles. The topological polar surface area (TPSA) is 26.3 Å². The Balaban J connectivity index is 2.53. The van der Waals surface area contributed by atoms with Gasteiger partial charge in [-0.2, -0.15) is 0 Å². The van der Waals surface area contributed by atoms with Crippen molar-refractivity contribution in [3.63, 3.8) is 0 Å². The first-order valence-electron chi connectivity index (χ1n) is 5.37. The number of hydrogen-bond donors (Lipinski definition) is 0. The fraction of sp³-hybridized carbons (Fsp3) is 0.0714. The lowest BCUT2D eigenvalue weighted by molar-refractivity contribution is 0.103. The zero-order valence-corrected chi connectivity index (χ0v) is 12.3. The molecule has 19 heavy (non-hydrogen) atoms. The highest BCUT2D eigenvalue weighted by atomic mass is 79.9. The van der Waals surface area contributed by atoms with Gasteiger partial charge in [0.05, 0.1) is 12.7 Å². The molecule has 0 aliphatic heterocycles. The van der Waals surface area contributed by atoms with Gasteiger partial charge in [0, 0.05) is 15.1 Å². The monoisotopic (exact) mass is 342 g/mol. The lowest BCUT2D eigenvalue weighted by Gasteiger charge is -2.08. The first-order valence-corrected chi connectivity index (χ1v) is 6.54. The second-order valence-corrected chi connectivity index (χ2v) is 5.07. The fourth-order valence-electron chi connectivity index (χ4n) is 1.66. The molecule has 98 valence electrons. The highest BCUT2D eigenvalue weighted by Crippen LogP contribution is 2.27. The normalized spacial score (nSPS) is 10.3. The second-order valence-electron chi connectivity index (χ2n) is 3.78. The van der Waals surface area contributed by atoms with E-state index < -0.39 is 11.6 Å². The van der Waals surface area contributed by atoms with Crippen molar-refractivity contribution in [2.45, 2.75) is 0 Å². The molecule has 0 saturated carbocycles. The average Bonchev–Trinajstić information content (AvgIpc) is 2.41. The Morgan fingerprint density at radius 3 is 2.68 bits per heavy atom. The fourth-order valence-corrected chi connectivity index (χ4v) is 2.26. The first-order chi connectivity index (χ1) is 9.04. The Bertz CT molecular complexity index is 643. The minimum atomic E-state index is -0.679. The van der Waals surface area contributed by atoms with Crippen LogP contribution in [0.3, 0.4) is 0 Å². The van der Waals surface area contributed by atoms with E-state index in [1.807, 2.05) is 0 Å². The Morgan fingerprint density at radius 2 is 2.00 bits per heavy atom. The van der Waals surface area contributed by atoms with Crippen LogP contribution in [0.1, 0.15) is 15.9 Å². The van der Waals surface area contributed by atoms with E-state index in [2.05, 4.69) is 15.9 Å². The van der Waals surface area contributed by atoms with Gasteiger partial charge in [0.25, 0.3) is 0 Å². The standard InChI is InChI=1S/C14H9BrClFO2/c1-19-12-4-2-3-9(13(12)17)14(18)10-7-8(16)5-6-11(10)15/h2-7H,1H3. The summed E-state index contributed by atoms with van der Waals surface area (Å²) in [6.45, 7) is 0. The minimum absolute atomic E-state index is 0.0315. The predicted molar refractivity (Wildman–Crippen MR) is 75.5 cm³/mol. The van der Waals surface area contributed by atoms with Crippen molar-refractivity contribution < 1.29 is 13.9 Å². The van der Waals surface area contributed by atoms with Crippen LogP contribution in [0.4, 0.5) is 4.39 Å². The summed E-state index contributed by atoms with van der Waals surface area (Å²) in [4.78, 5) is 12.3. The molecule has 0 bridgehead atoms. The highest BCUT2D eigenvalue weighted by molar-refractivity contribution is 9.10. The number of halogens is 3. The van der Waals surface area contributed by atoms with E-state index in [1.165, 1.54) is 25.3 Å². The number of carbonyl (C=O) groups excluding carboxylic acids is 1. The average molecular weight is 344 g/mol.